The zero-order valence-electron chi connectivity index (χ0n) is 15.9. The maximum absolute atomic E-state index is 12.5. The lowest BCUT2D eigenvalue weighted by Crippen LogP contribution is -2.31. The van der Waals surface area contributed by atoms with E-state index < -0.39 is 0 Å². The van der Waals surface area contributed by atoms with Crippen molar-refractivity contribution in [2.24, 2.45) is 0 Å². The van der Waals surface area contributed by atoms with Gasteiger partial charge in [0.05, 0.1) is 6.04 Å². The predicted octanol–water partition coefficient (Wildman–Crippen LogP) is 5.13. The molecule has 1 unspecified atom stereocenters. The molecule has 0 aliphatic carbocycles. The van der Waals surface area contributed by atoms with Gasteiger partial charge in [-0.1, -0.05) is 54.6 Å². The number of urea groups is 1. The van der Waals surface area contributed by atoms with E-state index in [4.69, 9.17) is 0 Å². The molecule has 0 saturated carbocycles. The van der Waals surface area contributed by atoms with Gasteiger partial charge in [-0.15, -0.1) is 0 Å². The van der Waals surface area contributed by atoms with E-state index in [1.165, 1.54) is 0 Å². The lowest BCUT2D eigenvalue weighted by Gasteiger charge is -2.16. The van der Waals surface area contributed by atoms with Crippen LogP contribution < -0.4 is 16.0 Å². The van der Waals surface area contributed by atoms with Crippen LogP contribution in [0.15, 0.2) is 78.9 Å². The first-order valence-electron chi connectivity index (χ1n) is 9.12. The Balaban J connectivity index is 1.67. The third-order valence-electron chi connectivity index (χ3n) is 4.43. The minimum absolute atomic E-state index is 0.133. The van der Waals surface area contributed by atoms with Gasteiger partial charge in [-0.2, -0.15) is 0 Å². The summed E-state index contributed by atoms with van der Waals surface area (Å²) in [5, 5.41) is 8.59. The third-order valence-corrected chi connectivity index (χ3v) is 4.43. The summed E-state index contributed by atoms with van der Waals surface area (Å²) in [6.45, 7) is 3.81. The Kier molecular flexibility index (Phi) is 6.07. The Bertz CT molecular complexity index is 956. The summed E-state index contributed by atoms with van der Waals surface area (Å²) >= 11 is 0. The molecule has 1 atom stereocenters. The fourth-order valence-electron chi connectivity index (χ4n) is 2.80. The number of carbonyl (C=O) groups excluding carboxylic acids is 2. The standard InChI is InChI=1S/C23H23N3O2/c1-16-13-14-19(22(27)25-20-11-7-4-8-12-20)15-21(16)26-23(28)24-17(2)18-9-5-3-6-10-18/h3-15,17H,1-2H3,(H,25,27)(H2,24,26,28). The lowest BCUT2D eigenvalue weighted by molar-refractivity contribution is 0.102. The SMILES string of the molecule is Cc1ccc(C(=O)Nc2ccccc2)cc1NC(=O)NC(C)c1ccccc1. The Hall–Kier alpha value is -3.60. The summed E-state index contributed by atoms with van der Waals surface area (Å²) in [5.74, 6) is -0.229. The van der Waals surface area contributed by atoms with Crippen LogP contribution in [0.1, 0.15) is 34.5 Å². The largest absolute Gasteiger partial charge is 0.331 e. The molecule has 0 aliphatic rings. The third kappa shape index (κ3) is 4.98. The van der Waals surface area contributed by atoms with E-state index in [-0.39, 0.29) is 18.0 Å². The molecule has 0 aliphatic heterocycles. The highest BCUT2D eigenvalue weighted by atomic mass is 16.2. The molecule has 3 aromatic carbocycles. The van der Waals surface area contributed by atoms with E-state index in [1.807, 2.05) is 80.6 Å². The van der Waals surface area contributed by atoms with E-state index in [1.54, 1.807) is 12.1 Å². The Labute approximate surface area is 164 Å². The van der Waals surface area contributed by atoms with Crippen LogP contribution in [-0.2, 0) is 0 Å². The number of hydrogen-bond donors (Lipinski definition) is 3. The molecule has 5 heteroatoms. The van der Waals surface area contributed by atoms with Crippen molar-refractivity contribution in [1.29, 1.82) is 0 Å². The van der Waals surface area contributed by atoms with Crippen molar-refractivity contribution in [3.05, 3.63) is 95.6 Å². The average molecular weight is 373 g/mol. The number of benzene rings is 3. The second-order valence-electron chi connectivity index (χ2n) is 6.58. The van der Waals surface area contributed by atoms with Crippen LogP contribution in [0.25, 0.3) is 0 Å². The Morgan fingerprint density at radius 2 is 1.46 bits per heavy atom. The van der Waals surface area contributed by atoms with E-state index in [2.05, 4.69) is 16.0 Å². The molecular formula is C23H23N3O2. The van der Waals surface area contributed by atoms with E-state index in [0.29, 0.717) is 11.3 Å². The number of amides is 3. The number of rotatable bonds is 5. The molecule has 0 radical (unpaired) electrons. The van der Waals surface area contributed by atoms with E-state index in [0.717, 1.165) is 16.8 Å². The molecule has 0 saturated heterocycles. The minimum atomic E-state index is -0.319. The molecule has 3 rings (SSSR count). The number of anilines is 2. The molecule has 3 N–H and O–H groups in total. The fourth-order valence-corrected chi connectivity index (χ4v) is 2.80. The van der Waals surface area contributed by atoms with Gasteiger partial charge in [0.1, 0.15) is 0 Å². The maximum Gasteiger partial charge on any atom is 0.319 e. The number of carbonyl (C=O) groups is 2. The number of aryl methyl sites for hydroxylation is 1. The maximum atomic E-state index is 12.5. The van der Waals surface area contributed by atoms with Crippen LogP contribution in [0.5, 0.6) is 0 Å². The van der Waals surface area contributed by atoms with Gasteiger partial charge >= 0.3 is 6.03 Å². The monoisotopic (exact) mass is 373 g/mol. The zero-order chi connectivity index (χ0) is 19.9. The second-order valence-corrected chi connectivity index (χ2v) is 6.58. The summed E-state index contributed by atoms with van der Waals surface area (Å²) in [6.07, 6.45) is 0. The van der Waals surface area contributed by atoms with Crippen LogP contribution >= 0.6 is 0 Å². The average Bonchev–Trinajstić information content (AvgIpc) is 2.71. The first-order valence-corrected chi connectivity index (χ1v) is 9.12. The van der Waals surface area contributed by atoms with Gasteiger partial charge in [-0.05, 0) is 49.2 Å². The second kappa shape index (κ2) is 8.86. The van der Waals surface area contributed by atoms with Crippen molar-refractivity contribution in [3.8, 4) is 0 Å². The van der Waals surface area contributed by atoms with Gasteiger partial charge in [0, 0.05) is 16.9 Å². The summed E-state index contributed by atoms with van der Waals surface area (Å²) in [6, 6.07) is 23.8. The topological polar surface area (TPSA) is 70.2 Å². The van der Waals surface area contributed by atoms with Crippen molar-refractivity contribution in [2.45, 2.75) is 19.9 Å². The van der Waals surface area contributed by atoms with Crippen molar-refractivity contribution >= 4 is 23.3 Å². The van der Waals surface area contributed by atoms with Crippen LogP contribution in [0.2, 0.25) is 0 Å². The van der Waals surface area contributed by atoms with Gasteiger partial charge in [0.25, 0.3) is 5.91 Å². The number of hydrogen-bond acceptors (Lipinski definition) is 2. The minimum Gasteiger partial charge on any atom is -0.331 e. The summed E-state index contributed by atoms with van der Waals surface area (Å²) in [4.78, 5) is 24.9. The molecule has 0 heterocycles. The smallest absolute Gasteiger partial charge is 0.319 e. The fraction of sp³-hybridized carbons (Fsp3) is 0.130. The van der Waals surface area contributed by atoms with Crippen LogP contribution in [0, 0.1) is 6.92 Å². The Morgan fingerprint density at radius 3 is 2.14 bits per heavy atom. The quantitative estimate of drug-likeness (QED) is 0.580. The lowest BCUT2D eigenvalue weighted by atomic mass is 10.1. The van der Waals surface area contributed by atoms with Gasteiger partial charge in [0.15, 0.2) is 0 Å². The van der Waals surface area contributed by atoms with Crippen LogP contribution in [0.4, 0.5) is 16.2 Å². The molecule has 28 heavy (non-hydrogen) atoms. The van der Waals surface area contributed by atoms with Gasteiger partial charge in [-0.25, -0.2) is 4.79 Å². The molecule has 5 nitrogen and oxygen atoms in total. The highest BCUT2D eigenvalue weighted by Crippen LogP contribution is 2.19. The van der Waals surface area contributed by atoms with Crippen molar-refractivity contribution in [2.75, 3.05) is 10.6 Å². The highest BCUT2D eigenvalue weighted by Gasteiger charge is 2.13. The molecule has 3 amide bonds. The summed E-state index contributed by atoms with van der Waals surface area (Å²) in [7, 11) is 0. The van der Waals surface area contributed by atoms with Crippen LogP contribution in [-0.4, -0.2) is 11.9 Å². The van der Waals surface area contributed by atoms with Crippen molar-refractivity contribution in [1.82, 2.24) is 5.32 Å². The van der Waals surface area contributed by atoms with Gasteiger partial charge in [0.2, 0.25) is 0 Å². The first kappa shape index (κ1) is 19.2. The summed E-state index contributed by atoms with van der Waals surface area (Å²) < 4.78 is 0. The molecular weight excluding hydrogens is 350 g/mol. The zero-order valence-corrected chi connectivity index (χ0v) is 15.9. The molecule has 142 valence electrons. The van der Waals surface area contributed by atoms with E-state index in [9.17, 15) is 9.59 Å². The number of nitrogens with one attached hydrogen (secondary N) is 3. The normalized spacial score (nSPS) is 11.4. The first-order chi connectivity index (χ1) is 13.5. The molecule has 0 fully saturated rings. The molecule has 0 aromatic heterocycles. The molecule has 0 bridgehead atoms. The summed E-state index contributed by atoms with van der Waals surface area (Å²) in [5.41, 5.74) is 3.68. The predicted molar refractivity (Wildman–Crippen MR) is 113 cm³/mol. The van der Waals surface area contributed by atoms with Gasteiger partial charge < -0.3 is 16.0 Å². The van der Waals surface area contributed by atoms with Crippen LogP contribution in [0.3, 0.4) is 0 Å². The number of para-hydroxylation sites is 1. The van der Waals surface area contributed by atoms with Gasteiger partial charge in [-0.3, -0.25) is 4.79 Å². The van der Waals surface area contributed by atoms with Crippen molar-refractivity contribution in [3.63, 3.8) is 0 Å². The molecule has 0 spiro atoms. The Morgan fingerprint density at radius 1 is 0.821 bits per heavy atom. The van der Waals surface area contributed by atoms with E-state index >= 15 is 0 Å². The molecule has 3 aromatic rings. The highest BCUT2D eigenvalue weighted by molar-refractivity contribution is 6.05. The van der Waals surface area contributed by atoms with Crippen molar-refractivity contribution < 1.29 is 9.59 Å².